The lowest BCUT2D eigenvalue weighted by molar-refractivity contribution is 0.473. The Kier molecular flexibility index (Phi) is 4.66. The molecule has 0 amide bonds. The highest BCUT2D eigenvalue weighted by Crippen LogP contribution is 2.30. The number of alkyl halides is 1. The van der Waals surface area contributed by atoms with Gasteiger partial charge in [-0.2, -0.15) is 0 Å². The maximum absolute atomic E-state index is 5.88. The summed E-state index contributed by atoms with van der Waals surface area (Å²) < 4.78 is 5.88. The number of ether oxygens (including phenoxy) is 1. The molecule has 0 atom stereocenters. The molecule has 1 aromatic carbocycles. The highest BCUT2D eigenvalue weighted by atomic mass is 35.5. The Balaban J connectivity index is 2.19. The molecule has 106 valence electrons. The molecule has 0 aliphatic heterocycles. The van der Waals surface area contributed by atoms with Crippen LogP contribution in [0.15, 0.2) is 42.7 Å². The van der Waals surface area contributed by atoms with E-state index in [0.29, 0.717) is 5.88 Å². The zero-order valence-corrected chi connectivity index (χ0v) is 12.9. The summed E-state index contributed by atoms with van der Waals surface area (Å²) in [5.74, 6) is 1.97. The number of pyridine rings is 1. The number of aromatic nitrogens is 1. The van der Waals surface area contributed by atoms with Crippen molar-refractivity contribution >= 4 is 11.6 Å². The summed E-state index contributed by atoms with van der Waals surface area (Å²) in [5.41, 5.74) is 2.41. The van der Waals surface area contributed by atoms with Crippen LogP contribution in [0.5, 0.6) is 11.5 Å². The molecular weight excluding hydrogens is 270 g/mol. The Morgan fingerprint density at radius 1 is 1.15 bits per heavy atom. The minimum Gasteiger partial charge on any atom is -0.457 e. The van der Waals surface area contributed by atoms with Crippen LogP contribution in [0.1, 0.15) is 38.3 Å². The minimum atomic E-state index is 0.191. The number of nitrogens with zero attached hydrogens (tertiary/aromatic N) is 1. The molecule has 0 bridgehead atoms. The van der Waals surface area contributed by atoms with Gasteiger partial charge in [0.25, 0.3) is 0 Å². The largest absolute Gasteiger partial charge is 0.457 e. The lowest BCUT2D eigenvalue weighted by Crippen LogP contribution is -2.14. The van der Waals surface area contributed by atoms with Crippen LogP contribution in [0.3, 0.4) is 0 Å². The first kappa shape index (κ1) is 14.9. The molecule has 0 unspecified atom stereocenters. The van der Waals surface area contributed by atoms with E-state index in [9.17, 15) is 0 Å². The Bertz CT molecular complexity index is 563. The van der Waals surface area contributed by atoms with Crippen LogP contribution in [0.4, 0.5) is 0 Å². The van der Waals surface area contributed by atoms with Gasteiger partial charge in [0.05, 0.1) is 5.88 Å². The number of hydrogen-bond acceptors (Lipinski definition) is 2. The average Bonchev–Trinajstić information content (AvgIpc) is 2.48. The maximum Gasteiger partial charge on any atom is 0.134 e. The zero-order chi connectivity index (χ0) is 14.6. The quantitative estimate of drug-likeness (QED) is 0.697. The second-order valence-electron chi connectivity index (χ2n) is 5.48. The highest BCUT2D eigenvalue weighted by molar-refractivity contribution is 6.17. The van der Waals surface area contributed by atoms with E-state index >= 15 is 0 Å². The molecule has 2 rings (SSSR count). The fraction of sp³-hybridized carbons (Fsp3) is 0.353. The molecular formula is C17H20ClNO. The predicted molar refractivity (Wildman–Crippen MR) is 83.6 cm³/mol. The summed E-state index contributed by atoms with van der Waals surface area (Å²) in [6, 6.07) is 10.1. The van der Waals surface area contributed by atoms with Crippen LogP contribution in [0.2, 0.25) is 0 Å². The van der Waals surface area contributed by atoms with Crippen LogP contribution >= 0.6 is 11.6 Å². The van der Waals surface area contributed by atoms with E-state index < -0.39 is 0 Å². The average molecular weight is 290 g/mol. The van der Waals surface area contributed by atoms with Gasteiger partial charge in [0.15, 0.2) is 0 Å². The minimum absolute atomic E-state index is 0.191. The number of rotatable bonds is 5. The van der Waals surface area contributed by atoms with Crippen LogP contribution in [0.25, 0.3) is 0 Å². The van der Waals surface area contributed by atoms with Gasteiger partial charge in [0, 0.05) is 18.0 Å². The summed E-state index contributed by atoms with van der Waals surface area (Å²) in [7, 11) is 0. The predicted octanol–water partition coefficient (Wildman–Crippen LogP) is 5.30. The maximum atomic E-state index is 5.88. The smallest absolute Gasteiger partial charge is 0.134 e. The molecule has 2 aromatic rings. The third kappa shape index (κ3) is 3.31. The molecule has 0 N–H and O–H groups in total. The molecule has 20 heavy (non-hydrogen) atoms. The molecule has 0 radical (unpaired) electrons. The summed E-state index contributed by atoms with van der Waals surface area (Å²) in [4.78, 5) is 4.05. The van der Waals surface area contributed by atoms with E-state index in [0.717, 1.165) is 23.5 Å². The lowest BCUT2D eigenvalue weighted by Gasteiger charge is -2.23. The Hall–Kier alpha value is -1.54. The normalized spacial score (nSPS) is 11.4. The molecule has 0 aliphatic rings. The van der Waals surface area contributed by atoms with Gasteiger partial charge >= 0.3 is 0 Å². The summed E-state index contributed by atoms with van der Waals surface area (Å²) in [5, 5.41) is 0. The first-order valence-electron chi connectivity index (χ1n) is 6.84. The van der Waals surface area contributed by atoms with E-state index in [2.05, 4.69) is 37.9 Å². The Morgan fingerprint density at radius 2 is 1.85 bits per heavy atom. The fourth-order valence-electron chi connectivity index (χ4n) is 1.92. The lowest BCUT2D eigenvalue weighted by atomic mass is 9.82. The van der Waals surface area contributed by atoms with Gasteiger partial charge in [0.2, 0.25) is 0 Å². The topological polar surface area (TPSA) is 22.1 Å². The molecule has 0 fully saturated rings. The first-order chi connectivity index (χ1) is 9.56. The third-order valence-corrected chi connectivity index (χ3v) is 4.04. The Labute approximate surface area is 125 Å². The number of benzene rings is 1. The molecule has 0 saturated carbocycles. The first-order valence-corrected chi connectivity index (χ1v) is 7.37. The summed E-state index contributed by atoms with van der Waals surface area (Å²) in [6.07, 6.45) is 4.55. The van der Waals surface area contributed by atoms with Crippen molar-refractivity contribution in [2.75, 3.05) is 0 Å². The highest BCUT2D eigenvalue weighted by Gasteiger charge is 2.17. The van der Waals surface area contributed by atoms with Crippen LogP contribution in [0, 0.1) is 0 Å². The van der Waals surface area contributed by atoms with Gasteiger partial charge in [-0.15, -0.1) is 11.6 Å². The van der Waals surface area contributed by atoms with E-state index in [4.69, 9.17) is 16.3 Å². The molecule has 1 aromatic heterocycles. The van der Waals surface area contributed by atoms with E-state index in [1.54, 1.807) is 12.4 Å². The van der Waals surface area contributed by atoms with Crippen molar-refractivity contribution in [2.45, 2.75) is 38.5 Å². The number of halogens is 1. The fourth-order valence-corrected chi connectivity index (χ4v) is 2.12. The van der Waals surface area contributed by atoms with E-state index in [1.165, 1.54) is 5.56 Å². The second kappa shape index (κ2) is 6.27. The van der Waals surface area contributed by atoms with E-state index in [1.807, 2.05) is 18.2 Å². The van der Waals surface area contributed by atoms with Crippen molar-refractivity contribution in [1.82, 2.24) is 4.98 Å². The van der Waals surface area contributed by atoms with Crippen molar-refractivity contribution in [3.8, 4) is 11.5 Å². The van der Waals surface area contributed by atoms with Gasteiger partial charge in [-0.1, -0.05) is 32.9 Å². The zero-order valence-electron chi connectivity index (χ0n) is 12.2. The van der Waals surface area contributed by atoms with E-state index in [-0.39, 0.29) is 5.41 Å². The SMILES string of the molecule is CCC(C)(C)c1ccc(Oc2ccncc2CCl)cc1. The van der Waals surface area contributed by atoms with Crippen LogP contribution in [-0.2, 0) is 11.3 Å². The monoisotopic (exact) mass is 289 g/mol. The Morgan fingerprint density at radius 3 is 2.45 bits per heavy atom. The molecule has 0 aliphatic carbocycles. The second-order valence-corrected chi connectivity index (χ2v) is 5.75. The van der Waals surface area contributed by atoms with Crippen molar-refractivity contribution in [1.29, 1.82) is 0 Å². The van der Waals surface area contributed by atoms with Crippen LogP contribution in [-0.4, -0.2) is 4.98 Å². The van der Waals surface area contributed by atoms with Gasteiger partial charge in [0.1, 0.15) is 11.5 Å². The molecule has 0 spiro atoms. The third-order valence-electron chi connectivity index (χ3n) is 3.75. The van der Waals surface area contributed by atoms with Crippen LogP contribution < -0.4 is 4.74 Å². The van der Waals surface area contributed by atoms with Crippen molar-refractivity contribution < 1.29 is 4.74 Å². The van der Waals surface area contributed by atoms with Gasteiger partial charge in [-0.05, 0) is 35.6 Å². The number of hydrogen-bond donors (Lipinski definition) is 0. The summed E-state index contributed by atoms with van der Waals surface area (Å²) in [6.45, 7) is 6.70. The van der Waals surface area contributed by atoms with Gasteiger partial charge < -0.3 is 4.74 Å². The van der Waals surface area contributed by atoms with Crippen molar-refractivity contribution in [3.63, 3.8) is 0 Å². The molecule has 3 heteroatoms. The molecule has 2 nitrogen and oxygen atoms in total. The molecule has 0 saturated heterocycles. The van der Waals surface area contributed by atoms with Crippen molar-refractivity contribution in [2.24, 2.45) is 0 Å². The molecule has 1 heterocycles. The summed E-state index contributed by atoms with van der Waals surface area (Å²) >= 11 is 5.88. The standard InChI is InChI=1S/C17H20ClNO/c1-4-17(2,3)14-5-7-15(8-6-14)20-16-9-10-19-12-13(16)11-18/h5-10,12H,4,11H2,1-3H3. The van der Waals surface area contributed by atoms with Gasteiger partial charge in [-0.3, -0.25) is 4.98 Å². The van der Waals surface area contributed by atoms with Gasteiger partial charge in [-0.25, -0.2) is 0 Å². The van der Waals surface area contributed by atoms with Crippen molar-refractivity contribution in [3.05, 3.63) is 53.9 Å².